The normalized spacial score (nSPS) is 10.9. The van der Waals surface area contributed by atoms with Gasteiger partial charge in [-0.2, -0.15) is 0 Å². The molecule has 7 heteroatoms. The molecule has 0 N–H and O–H groups in total. The lowest BCUT2D eigenvalue weighted by atomic mass is 10.2. The lowest BCUT2D eigenvalue weighted by Gasteiger charge is -2.05. The van der Waals surface area contributed by atoms with Crippen molar-refractivity contribution in [2.75, 3.05) is 0 Å². The highest BCUT2D eigenvalue weighted by Crippen LogP contribution is 2.25. The molecular formula is C18H11ClN2O4. The monoisotopic (exact) mass is 354 g/mol. The number of nitrogens with zero attached hydrogens (tertiary/aromatic N) is 2. The molecule has 0 saturated heterocycles. The molecule has 4 aromatic rings. The van der Waals surface area contributed by atoms with Crippen molar-refractivity contribution in [2.24, 2.45) is 0 Å². The summed E-state index contributed by atoms with van der Waals surface area (Å²) in [4.78, 5) is 11.6. The van der Waals surface area contributed by atoms with Crippen molar-refractivity contribution in [3.05, 3.63) is 75.9 Å². The zero-order chi connectivity index (χ0) is 17.2. The molecule has 2 heterocycles. The van der Waals surface area contributed by atoms with Crippen LogP contribution in [0.15, 0.2) is 68.2 Å². The van der Waals surface area contributed by atoms with Crippen LogP contribution in [-0.4, -0.2) is 10.2 Å². The molecule has 0 fully saturated rings. The molecule has 4 rings (SSSR count). The van der Waals surface area contributed by atoms with Gasteiger partial charge in [-0.05, 0) is 36.4 Å². The molecule has 0 saturated carbocycles. The Balaban J connectivity index is 1.56. The molecule has 2 aromatic heterocycles. The molecule has 6 nitrogen and oxygen atoms in total. The number of benzene rings is 2. The fourth-order valence-corrected chi connectivity index (χ4v) is 2.49. The van der Waals surface area contributed by atoms with Crippen LogP contribution in [0.4, 0.5) is 0 Å². The number of para-hydroxylation sites is 1. The maximum Gasteiger partial charge on any atom is 0.339 e. The highest BCUT2D eigenvalue weighted by molar-refractivity contribution is 6.30. The van der Waals surface area contributed by atoms with Crippen molar-refractivity contribution in [3.63, 3.8) is 0 Å². The van der Waals surface area contributed by atoms with E-state index in [4.69, 9.17) is 25.2 Å². The van der Waals surface area contributed by atoms with E-state index in [9.17, 15) is 4.79 Å². The van der Waals surface area contributed by atoms with Crippen molar-refractivity contribution in [1.82, 2.24) is 10.2 Å². The second kappa shape index (κ2) is 6.41. The Morgan fingerprint density at radius 2 is 1.80 bits per heavy atom. The topological polar surface area (TPSA) is 78.4 Å². The lowest BCUT2D eigenvalue weighted by molar-refractivity contribution is 0.265. The molecule has 0 radical (unpaired) electrons. The van der Waals surface area contributed by atoms with Crippen LogP contribution >= 0.6 is 11.6 Å². The van der Waals surface area contributed by atoms with E-state index in [1.807, 2.05) is 6.07 Å². The first-order valence-corrected chi connectivity index (χ1v) is 7.81. The van der Waals surface area contributed by atoms with E-state index in [2.05, 4.69) is 10.2 Å². The average molecular weight is 355 g/mol. The van der Waals surface area contributed by atoms with Crippen LogP contribution in [0.3, 0.4) is 0 Å². The molecule has 0 atom stereocenters. The summed E-state index contributed by atoms with van der Waals surface area (Å²) in [6.07, 6.45) is 0. The fraction of sp³-hybridized carbons (Fsp3) is 0.0556. The third-order valence-electron chi connectivity index (χ3n) is 3.52. The van der Waals surface area contributed by atoms with Crippen molar-refractivity contribution in [2.45, 2.75) is 6.61 Å². The summed E-state index contributed by atoms with van der Waals surface area (Å²) in [5, 5.41) is 9.27. The van der Waals surface area contributed by atoms with Gasteiger partial charge in [0.1, 0.15) is 11.3 Å². The van der Waals surface area contributed by atoms with Gasteiger partial charge in [0, 0.05) is 10.6 Å². The quantitative estimate of drug-likeness (QED) is 0.514. The molecule has 25 heavy (non-hydrogen) atoms. The molecule has 0 spiro atoms. The Morgan fingerprint density at radius 1 is 1.00 bits per heavy atom. The van der Waals surface area contributed by atoms with Crippen LogP contribution in [0.2, 0.25) is 5.02 Å². The summed E-state index contributed by atoms with van der Waals surface area (Å²) in [5.41, 5.74) is 0.729. The Labute approximate surface area is 146 Å². The van der Waals surface area contributed by atoms with E-state index in [-0.39, 0.29) is 6.61 Å². The Hall–Kier alpha value is -3.12. The lowest BCUT2D eigenvalue weighted by Crippen LogP contribution is -2.02. The predicted octanol–water partition coefficient (Wildman–Crippen LogP) is 4.08. The van der Waals surface area contributed by atoms with Gasteiger partial charge in [0.2, 0.25) is 5.89 Å². The smallest absolute Gasteiger partial charge is 0.339 e. The van der Waals surface area contributed by atoms with Gasteiger partial charge >= 0.3 is 5.63 Å². The highest BCUT2D eigenvalue weighted by Gasteiger charge is 2.11. The number of hydrogen-bond donors (Lipinski definition) is 0. The minimum Gasteiger partial charge on any atom is -0.483 e. The van der Waals surface area contributed by atoms with Crippen molar-refractivity contribution in [1.29, 1.82) is 0 Å². The zero-order valence-corrected chi connectivity index (χ0v) is 13.6. The molecule has 124 valence electrons. The maximum absolute atomic E-state index is 11.6. The van der Waals surface area contributed by atoms with Crippen LogP contribution in [0.1, 0.15) is 5.89 Å². The number of aromatic nitrogens is 2. The first kappa shape index (κ1) is 15.4. The van der Waals surface area contributed by atoms with Crippen LogP contribution in [0.5, 0.6) is 5.75 Å². The molecule has 0 aliphatic rings. The molecule has 0 aliphatic heterocycles. The Kier molecular flexibility index (Phi) is 3.95. The largest absolute Gasteiger partial charge is 0.483 e. The first-order valence-electron chi connectivity index (χ1n) is 7.43. The van der Waals surface area contributed by atoms with Gasteiger partial charge in [0.05, 0.1) is 11.5 Å². The van der Waals surface area contributed by atoms with Crippen molar-refractivity contribution in [3.8, 4) is 17.2 Å². The summed E-state index contributed by atoms with van der Waals surface area (Å²) < 4.78 is 16.4. The first-order chi connectivity index (χ1) is 12.2. The van der Waals surface area contributed by atoms with E-state index in [0.29, 0.717) is 33.5 Å². The number of halogens is 1. The SMILES string of the molecule is O=c1cc(OCc2nnc(-c3ccc(Cl)cc3)o2)c2ccccc2o1. The van der Waals surface area contributed by atoms with Crippen LogP contribution in [0, 0.1) is 0 Å². The summed E-state index contributed by atoms with van der Waals surface area (Å²) >= 11 is 5.86. The van der Waals surface area contributed by atoms with E-state index in [0.717, 1.165) is 5.56 Å². The standard InChI is InChI=1S/C18H11ClN2O4/c19-12-7-5-11(6-8-12)18-21-20-16(25-18)10-23-15-9-17(22)24-14-4-2-1-3-13(14)15/h1-9H,10H2. The molecule has 0 bridgehead atoms. The molecule has 0 amide bonds. The minimum absolute atomic E-state index is 0.0358. The predicted molar refractivity (Wildman–Crippen MR) is 91.6 cm³/mol. The van der Waals surface area contributed by atoms with Crippen molar-refractivity contribution < 1.29 is 13.6 Å². The second-order valence-corrected chi connectivity index (χ2v) is 5.66. The Morgan fingerprint density at radius 3 is 2.64 bits per heavy atom. The molecular weight excluding hydrogens is 344 g/mol. The van der Waals surface area contributed by atoms with E-state index >= 15 is 0 Å². The summed E-state index contributed by atoms with van der Waals surface area (Å²) in [7, 11) is 0. The highest BCUT2D eigenvalue weighted by atomic mass is 35.5. The van der Waals surface area contributed by atoms with Gasteiger partial charge in [-0.1, -0.05) is 23.7 Å². The van der Waals surface area contributed by atoms with Crippen LogP contribution < -0.4 is 10.4 Å². The van der Waals surface area contributed by atoms with E-state index in [1.54, 1.807) is 42.5 Å². The maximum atomic E-state index is 11.6. The fourth-order valence-electron chi connectivity index (χ4n) is 2.36. The van der Waals surface area contributed by atoms with E-state index in [1.165, 1.54) is 6.07 Å². The van der Waals surface area contributed by atoms with Gasteiger partial charge in [0.15, 0.2) is 6.61 Å². The number of ether oxygens (including phenoxy) is 1. The van der Waals surface area contributed by atoms with Gasteiger partial charge in [0.25, 0.3) is 5.89 Å². The minimum atomic E-state index is -0.485. The van der Waals surface area contributed by atoms with E-state index < -0.39 is 5.63 Å². The summed E-state index contributed by atoms with van der Waals surface area (Å²) in [6, 6.07) is 15.5. The number of fused-ring (bicyclic) bond motifs is 1. The Bertz CT molecular complexity index is 1090. The van der Waals surface area contributed by atoms with Crippen LogP contribution in [-0.2, 0) is 6.61 Å². The third-order valence-corrected chi connectivity index (χ3v) is 3.77. The van der Waals surface area contributed by atoms with Gasteiger partial charge in [-0.25, -0.2) is 4.79 Å². The van der Waals surface area contributed by atoms with Gasteiger partial charge < -0.3 is 13.6 Å². The summed E-state index contributed by atoms with van der Waals surface area (Å²) in [5.74, 6) is 1.06. The van der Waals surface area contributed by atoms with Gasteiger partial charge in [-0.15, -0.1) is 10.2 Å². The molecule has 2 aromatic carbocycles. The second-order valence-electron chi connectivity index (χ2n) is 5.22. The molecule has 0 aliphatic carbocycles. The number of rotatable bonds is 4. The summed E-state index contributed by atoms with van der Waals surface area (Å²) in [6.45, 7) is 0.0358. The van der Waals surface area contributed by atoms with Crippen molar-refractivity contribution >= 4 is 22.6 Å². The number of hydrogen-bond acceptors (Lipinski definition) is 6. The third kappa shape index (κ3) is 3.25. The molecule has 0 unspecified atom stereocenters. The average Bonchev–Trinajstić information content (AvgIpc) is 3.09. The zero-order valence-electron chi connectivity index (χ0n) is 12.8. The van der Waals surface area contributed by atoms with Gasteiger partial charge in [-0.3, -0.25) is 0 Å². The van der Waals surface area contributed by atoms with Crippen LogP contribution in [0.25, 0.3) is 22.4 Å².